The zero-order valence-electron chi connectivity index (χ0n) is 20.2. The molecule has 0 aliphatic carbocycles. The van der Waals surface area contributed by atoms with Crippen LogP contribution < -0.4 is 4.74 Å². The number of pyridine rings is 3. The fourth-order valence-electron chi connectivity index (χ4n) is 4.22. The van der Waals surface area contributed by atoms with Crippen LogP contribution in [-0.4, -0.2) is 62.3 Å². The van der Waals surface area contributed by atoms with Crippen LogP contribution >= 0.6 is 11.3 Å². The first-order valence-corrected chi connectivity index (χ1v) is 12.5. The topological polar surface area (TPSA) is 95.6 Å². The number of aryl methyl sites for hydroxylation is 1. The molecule has 180 valence electrons. The summed E-state index contributed by atoms with van der Waals surface area (Å²) in [5.41, 5.74) is 6.43. The van der Waals surface area contributed by atoms with Crippen molar-refractivity contribution in [3.05, 3.63) is 66.2 Å². The minimum Gasteiger partial charge on any atom is -0.491 e. The lowest BCUT2D eigenvalue weighted by molar-refractivity contribution is 0.261. The molecule has 9 heteroatoms. The van der Waals surface area contributed by atoms with E-state index in [1.807, 2.05) is 44.8 Å². The normalized spacial score (nSPS) is 11.7. The van der Waals surface area contributed by atoms with E-state index in [9.17, 15) is 0 Å². The maximum atomic E-state index is 5.87. The second-order valence-corrected chi connectivity index (χ2v) is 10.3. The maximum absolute atomic E-state index is 5.87. The van der Waals surface area contributed by atoms with Gasteiger partial charge in [0.2, 0.25) is 0 Å². The van der Waals surface area contributed by atoms with Crippen molar-refractivity contribution in [2.24, 2.45) is 0 Å². The smallest absolute Gasteiger partial charge is 0.138 e. The zero-order valence-corrected chi connectivity index (χ0v) is 21.1. The molecular weight excluding hydrogens is 470 g/mol. The predicted octanol–water partition coefficient (Wildman–Crippen LogP) is 5.54. The number of ether oxygens (including phenoxy) is 1. The molecule has 0 saturated carbocycles. The summed E-state index contributed by atoms with van der Waals surface area (Å²) in [6.45, 7) is 3.55. The molecule has 6 rings (SSSR count). The Morgan fingerprint density at radius 3 is 2.67 bits per heavy atom. The molecule has 0 atom stereocenters. The van der Waals surface area contributed by atoms with Crippen LogP contribution in [0.15, 0.2) is 61.3 Å². The average Bonchev–Trinajstić information content (AvgIpc) is 3.61. The van der Waals surface area contributed by atoms with Gasteiger partial charge in [-0.15, -0.1) is 11.3 Å². The van der Waals surface area contributed by atoms with Crippen molar-refractivity contribution >= 4 is 33.1 Å². The van der Waals surface area contributed by atoms with Crippen LogP contribution in [0.3, 0.4) is 0 Å². The Kier molecular flexibility index (Phi) is 5.71. The molecule has 0 fully saturated rings. The van der Waals surface area contributed by atoms with Crippen molar-refractivity contribution in [1.29, 1.82) is 0 Å². The van der Waals surface area contributed by atoms with Crippen molar-refractivity contribution in [2.45, 2.75) is 6.92 Å². The lowest BCUT2D eigenvalue weighted by Gasteiger charge is -2.11. The van der Waals surface area contributed by atoms with E-state index in [4.69, 9.17) is 4.74 Å². The number of hydrogen-bond donors (Lipinski definition) is 2. The van der Waals surface area contributed by atoms with Crippen LogP contribution in [0.1, 0.15) is 4.88 Å². The Morgan fingerprint density at radius 2 is 1.83 bits per heavy atom. The fourth-order valence-corrected chi connectivity index (χ4v) is 5.11. The number of fused-ring (bicyclic) bond motifs is 2. The van der Waals surface area contributed by atoms with Crippen molar-refractivity contribution in [2.75, 3.05) is 27.2 Å². The van der Waals surface area contributed by atoms with E-state index in [0.717, 1.165) is 62.3 Å². The van der Waals surface area contributed by atoms with Gasteiger partial charge < -0.3 is 14.6 Å². The van der Waals surface area contributed by atoms with Crippen molar-refractivity contribution in [3.63, 3.8) is 0 Å². The summed E-state index contributed by atoms with van der Waals surface area (Å²) >= 11 is 1.77. The zero-order chi connectivity index (χ0) is 24.6. The molecule has 0 aromatic carbocycles. The molecule has 6 heterocycles. The monoisotopic (exact) mass is 495 g/mol. The number of H-pyrrole nitrogens is 2. The minimum absolute atomic E-state index is 0.596. The molecule has 6 aromatic rings. The Balaban J connectivity index is 1.37. The summed E-state index contributed by atoms with van der Waals surface area (Å²) in [6, 6.07) is 10.5. The highest BCUT2D eigenvalue weighted by Crippen LogP contribution is 2.36. The Bertz CT molecular complexity index is 1680. The number of hydrogen-bond acceptors (Lipinski definition) is 7. The number of nitrogens with zero attached hydrogens (tertiary/aromatic N) is 5. The highest BCUT2D eigenvalue weighted by Gasteiger charge is 2.16. The fraction of sp³-hybridized carbons (Fsp3) is 0.185. The summed E-state index contributed by atoms with van der Waals surface area (Å²) in [4.78, 5) is 21.5. The quantitative estimate of drug-likeness (QED) is 0.302. The van der Waals surface area contributed by atoms with Gasteiger partial charge in [0.25, 0.3) is 0 Å². The van der Waals surface area contributed by atoms with Crippen LogP contribution in [0, 0.1) is 6.92 Å². The second-order valence-electron chi connectivity index (χ2n) is 8.99. The average molecular weight is 496 g/mol. The largest absolute Gasteiger partial charge is 0.491 e. The first-order valence-electron chi connectivity index (χ1n) is 11.7. The highest BCUT2D eigenvalue weighted by atomic mass is 32.1. The standard InChI is InChI=1S/C27H25N7OS/c1-16-4-5-26(36-16)21-13-29-14-24-19(21)9-23(31-24)27-20-10-22(30-15-25(20)32-33-27)17-8-18(12-28-11-17)35-7-6-34(2)3/h4-5,8-15,31H,6-7H2,1-3H3,(H,32,33). The van der Waals surface area contributed by atoms with Gasteiger partial charge in [0.15, 0.2) is 0 Å². The molecule has 6 aromatic heterocycles. The van der Waals surface area contributed by atoms with Crippen LogP contribution in [0.4, 0.5) is 0 Å². The van der Waals surface area contributed by atoms with Crippen LogP contribution in [0.2, 0.25) is 0 Å². The minimum atomic E-state index is 0.596. The van der Waals surface area contributed by atoms with Gasteiger partial charge in [-0.3, -0.25) is 20.1 Å². The molecule has 36 heavy (non-hydrogen) atoms. The van der Waals surface area contributed by atoms with Gasteiger partial charge >= 0.3 is 0 Å². The van der Waals surface area contributed by atoms with E-state index >= 15 is 0 Å². The number of rotatable bonds is 7. The molecule has 0 aliphatic rings. The van der Waals surface area contributed by atoms with Crippen molar-refractivity contribution in [1.82, 2.24) is 35.0 Å². The van der Waals surface area contributed by atoms with Gasteiger partial charge in [0.1, 0.15) is 18.1 Å². The number of nitrogens with one attached hydrogen (secondary N) is 2. The third-order valence-electron chi connectivity index (χ3n) is 6.07. The predicted molar refractivity (Wildman–Crippen MR) is 144 cm³/mol. The highest BCUT2D eigenvalue weighted by molar-refractivity contribution is 7.15. The van der Waals surface area contributed by atoms with E-state index in [1.54, 1.807) is 23.7 Å². The lowest BCUT2D eigenvalue weighted by Crippen LogP contribution is -2.19. The number of thiophene rings is 1. The van der Waals surface area contributed by atoms with Gasteiger partial charge in [0.05, 0.1) is 41.0 Å². The number of likely N-dealkylation sites (N-methyl/N-ethyl adjacent to an activating group) is 1. The number of aromatic nitrogens is 6. The van der Waals surface area contributed by atoms with Gasteiger partial charge in [-0.25, -0.2) is 0 Å². The van der Waals surface area contributed by atoms with E-state index in [2.05, 4.69) is 60.2 Å². The molecule has 0 amide bonds. The van der Waals surface area contributed by atoms with E-state index in [0.29, 0.717) is 6.61 Å². The second kappa shape index (κ2) is 9.18. The van der Waals surface area contributed by atoms with E-state index < -0.39 is 0 Å². The van der Waals surface area contributed by atoms with Crippen LogP contribution in [-0.2, 0) is 0 Å². The third kappa shape index (κ3) is 4.23. The maximum Gasteiger partial charge on any atom is 0.138 e. The van der Waals surface area contributed by atoms with E-state index in [-0.39, 0.29) is 0 Å². The molecular formula is C27H25N7OS. The lowest BCUT2D eigenvalue weighted by atomic mass is 10.1. The summed E-state index contributed by atoms with van der Waals surface area (Å²) in [5.74, 6) is 0.725. The summed E-state index contributed by atoms with van der Waals surface area (Å²) in [7, 11) is 4.04. The molecule has 0 bridgehead atoms. The summed E-state index contributed by atoms with van der Waals surface area (Å²) < 4.78 is 5.87. The molecule has 0 radical (unpaired) electrons. The third-order valence-corrected chi connectivity index (χ3v) is 7.10. The van der Waals surface area contributed by atoms with Crippen LogP contribution in [0.25, 0.3) is 54.9 Å². The first kappa shape index (κ1) is 22.4. The summed E-state index contributed by atoms with van der Waals surface area (Å²) in [5, 5.41) is 9.84. The van der Waals surface area contributed by atoms with Gasteiger partial charge in [-0.1, -0.05) is 0 Å². The van der Waals surface area contributed by atoms with E-state index in [1.165, 1.54) is 9.75 Å². The molecule has 0 saturated heterocycles. The van der Waals surface area contributed by atoms with Gasteiger partial charge in [0, 0.05) is 50.6 Å². The Labute approximate surface area is 212 Å². The molecule has 0 unspecified atom stereocenters. The number of aromatic amines is 2. The van der Waals surface area contributed by atoms with Crippen molar-refractivity contribution < 1.29 is 4.74 Å². The van der Waals surface area contributed by atoms with Crippen molar-refractivity contribution in [3.8, 4) is 38.8 Å². The molecule has 0 spiro atoms. The molecule has 0 aliphatic heterocycles. The SMILES string of the molecule is Cc1ccc(-c2cncc3[nH]c(-c4n[nH]c5cnc(-c6cncc(OCCN(C)C)c6)cc45)cc23)s1. The van der Waals surface area contributed by atoms with Crippen LogP contribution in [0.5, 0.6) is 5.75 Å². The molecule has 8 nitrogen and oxygen atoms in total. The molecule has 2 N–H and O–H groups in total. The Morgan fingerprint density at radius 1 is 0.944 bits per heavy atom. The first-order chi connectivity index (χ1) is 17.5. The van der Waals surface area contributed by atoms with Gasteiger partial charge in [-0.05, 0) is 51.4 Å². The summed E-state index contributed by atoms with van der Waals surface area (Å²) in [6.07, 6.45) is 9.13. The van der Waals surface area contributed by atoms with Gasteiger partial charge in [-0.2, -0.15) is 5.10 Å². The Hall–Kier alpha value is -4.08.